The number of carbonyl (C=O) groups excluding carboxylic acids is 2. The smallest absolute Gasteiger partial charge is 0.339 e. The van der Waals surface area contributed by atoms with Crippen LogP contribution in [0.2, 0.25) is 0 Å². The number of pyridine rings is 1. The number of methoxy groups -OCH3 is 2. The van der Waals surface area contributed by atoms with Crippen molar-refractivity contribution in [3.8, 4) is 22.8 Å². The number of hydrogen-bond donors (Lipinski definition) is 1. The lowest BCUT2D eigenvalue weighted by molar-refractivity contribution is -0.119. The van der Waals surface area contributed by atoms with Gasteiger partial charge in [-0.3, -0.25) is 4.79 Å². The van der Waals surface area contributed by atoms with Gasteiger partial charge in [0.05, 0.1) is 42.2 Å². The van der Waals surface area contributed by atoms with E-state index in [0.717, 1.165) is 15.3 Å². The Labute approximate surface area is 199 Å². The quantitative estimate of drug-likeness (QED) is 0.378. The lowest BCUT2D eigenvalue weighted by atomic mass is 10.1. The zero-order valence-electron chi connectivity index (χ0n) is 19.3. The molecule has 0 unspecified atom stereocenters. The fourth-order valence-corrected chi connectivity index (χ4v) is 4.52. The first-order chi connectivity index (χ1) is 16.3. The van der Waals surface area contributed by atoms with Crippen LogP contribution in [0.1, 0.15) is 25.8 Å². The van der Waals surface area contributed by atoms with E-state index in [0.29, 0.717) is 34.0 Å². The molecule has 0 saturated heterocycles. The normalized spacial score (nSPS) is 10.9. The Balaban J connectivity index is 1.57. The van der Waals surface area contributed by atoms with Crippen LogP contribution < -0.4 is 14.8 Å². The number of anilines is 1. The average molecular weight is 482 g/mol. The third kappa shape index (κ3) is 4.58. The van der Waals surface area contributed by atoms with Gasteiger partial charge in [-0.25, -0.2) is 9.78 Å². The van der Waals surface area contributed by atoms with E-state index in [9.17, 15) is 9.59 Å². The number of fused-ring (bicyclic) bond motifs is 1. The number of aryl methyl sites for hydroxylation is 3. The highest BCUT2D eigenvalue weighted by Crippen LogP contribution is 2.33. The number of thiophene rings is 1. The summed E-state index contributed by atoms with van der Waals surface area (Å²) in [6.07, 6.45) is 0. The molecule has 0 aliphatic rings. The highest BCUT2D eigenvalue weighted by Gasteiger charge is 2.22. The highest BCUT2D eigenvalue weighted by molar-refractivity contribution is 7.12. The predicted molar refractivity (Wildman–Crippen MR) is 128 cm³/mol. The topological polar surface area (TPSA) is 113 Å². The van der Waals surface area contributed by atoms with Gasteiger partial charge in [0.15, 0.2) is 6.61 Å². The zero-order valence-corrected chi connectivity index (χ0v) is 20.2. The monoisotopic (exact) mass is 481 g/mol. The number of rotatable bonds is 7. The van der Waals surface area contributed by atoms with Crippen LogP contribution in [0.4, 0.5) is 5.69 Å². The van der Waals surface area contributed by atoms with Crippen LogP contribution in [0.3, 0.4) is 0 Å². The first-order valence-electron chi connectivity index (χ1n) is 10.3. The van der Waals surface area contributed by atoms with Crippen LogP contribution in [0.15, 0.2) is 34.9 Å². The van der Waals surface area contributed by atoms with Crippen molar-refractivity contribution < 1.29 is 28.3 Å². The van der Waals surface area contributed by atoms with Gasteiger partial charge in [0, 0.05) is 21.4 Å². The molecule has 4 aromatic rings. The second kappa shape index (κ2) is 9.52. The van der Waals surface area contributed by atoms with E-state index in [1.54, 1.807) is 42.5 Å². The van der Waals surface area contributed by atoms with Crippen LogP contribution in [-0.2, 0) is 9.53 Å². The molecule has 4 rings (SSSR count). The number of esters is 1. The van der Waals surface area contributed by atoms with Gasteiger partial charge in [0.25, 0.3) is 11.6 Å². The van der Waals surface area contributed by atoms with Gasteiger partial charge in [-0.15, -0.1) is 11.3 Å². The largest absolute Gasteiger partial charge is 0.497 e. The molecule has 0 atom stereocenters. The van der Waals surface area contributed by atoms with Crippen molar-refractivity contribution in [1.29, 1.82) is 0 Å². The van der Waals surface area contributed by atoms with Gasteiger partial charge in [-0.05, 0) is 45.0 Å². The number of nitrogens with zero attached hydrogens (tertiary/aromatic N) is 2. The fraction of sp³-hybridized carbons (Fsp3) is 0.250. The van der Waals surface area contributed by atoms with Gasteiger partial charge in [-0.1, -0.05) is 5.16 Å². The van der Waals surface area contributed by atoms with Gasteiger partial charge < -0.3 is 24.1 Å². The summed E-state index contributed by atoms with van der Waals surface area (Å²) in [5, 5.41) is 7.06. The van der Waals surface area contributed by atoms with Crippen LogP contribution in [0, 0.1) is 20.8 Å². The molecule has 10 heteroatoms. The summed E-state index contributed by atoms with van der Waals surface area (Å²) in [4.78, 5) is 32.2. The predicted octanol–water partition coefficient (Wildman–Crippen LogP) is 4.69. The summed E-state index contributed by atoms with van der Waals surface area (Å²) >= 11 is 1.63. The third-order valence-electron chi connectivity index (χ3n) is 5.17. The molecule has 176 valence electrons. The van der Waals surface area contributed by atoms with Crippen molar-refractivity contribution in [1.82, 2.24) is 10.1 Å². The summed E-state index contributed by atoms with van der Waals surface area (Å²) in [6, 6.07) is 8.63. The summed E-state index contributed by atoms with van der Waals surface area (Å²) in [5.41, 5.74) is 2.84. The lowest BCUT2D eigenvalue weighted by Crippen LogP contribution is -2.21. The minimum Gasteiger partial charge on any atom is -0.497 e. The van der Waals surface area contributed by atoms with Crippen molar-refractivity contribution >= 4 is 40.0 Å². The molecule has 0 saturated carbocycles. The van der Waals surface area contributed by atoms with Crippen molar-refractivity contribution in [3.05, 3.63) is 51.3 Å². The van der Waals surface area contributed by atoms with E-state index in [1.165, 1.54) is 14.2 Å². The molecule has 0 bridgehead atoms. The van der Waals surface area contributed by atoms with Crippen LogP contribution >= 0.6 is 11.3 Å². The number of amides is 1. The molecule has 0 spiro atoms. The molecule has 3 aromatic heterocycles. The van der Waals surface area contributed by atoms with Gasteiger partial charge >= 0.3 is 5.97 Å². The Hall–Kier alpha value is -3.92. The van der Waals surface area contributed by atoms with Crippen LogP contribution in [0.5, 0.6) is 11.5 Å². The van der Waals surface area contributed by atoms with E-state index < -0.39 is 18.5 Å². The molecule has 0 aliphatic heterocycles. The average Bonchev–Trinajstić information content (AvgIpc) is 3.37. The molecule has 1 N–H and O–H groups in total. The number of carbonyl (C=O) groups is 2. The SMILES string of the molecule is COc1ccc(OC)c(NC(=O)COC(=O)c2cc(-c3cc(C)sc3C)nc3onc(C)c23)c1. The number of nitrogens with one attached hydrogen (secondary N) is 1. The summed E-state index contributed by atoms with van der Waals surface area (Å²) in [6.45, 7) is 5.20. The van der Waals surface area contributed by atoms with Crippen molar-refractivity contribution in [2.75, 3.05) is 26.1 Å². The minimum atomic E-state index is -0.683. The Kier molecular flexibility index (Phi) is 6.51. The fourth-order valence-electron chi connectivity index (χ4n) is 3.59. The van der Waals surface area contributed by atoms with Crippen LogP contribution in [0.25, 0.3) is 22.4 Å². The maximum atomic E-state index is 13.0. The number of hydrogen-bond acceptors (Lipinski definition) is 9. The standard InChI is InChI=1S/C24H23N3O6S/c1-12-8-16(14(3)34-12)18-10-17(22-13(2)27-33-23(22)26-18)24(29)32-11-21(28)25-19-9-15(30-4)6-7-20(19)31-5/h6-10H,11H2,1-5H3,(H,25,28). The van der Waals surface area contributed by atoms with Gasteiger partial charge in [0.1, 0.15) is 11.5 Å². The highest BCUT2D eigenvalue weighted by atomic mass is 32.1. The third-order valence-corrected chi connectivity index (χ3v) is 6.13. The summed E-state index contributed by atoms with van der Waals surface area (Å²) < 4.78 is 21.1. The van der Waals surface area contributed by atoms with Gasteiger partial charge in [-0.2, -0.15) is 0 Å². The molecule has 1 aromatic carbocycles. The van der Waals surface area contributed by atoms with E-state index in [2.05, 4.69) is 15.5 Å². The Bertz CT molecular complexity index is 1390. The summed E-state index contributed by atoms with van der Waals surface area (Å²) in [5.74, 6) is -0.224. The summed E-state index contributed by atoms with van der Waals surface area (Å²) in [7, 11) is 3.01. The van der Waals surface area contributed by atoms with E-state index >= 15 is 0 Å². The Morgan fingerprint density at radius 3 is 2.56 bits per heavy atom. The number of benzene rings is 1. The first kappa shape index (κ1) is 23.2. The van der Waals surface area contributed by atoms with E-state index in [-0.39, 0.29) is 11.3 Å². The molecular formula is C24H23N3O6S. The maximum absolute atomic E-state index is 13.0. The molecule has 1 amide bonds. The number of aromatic nitrogens is 2. The van der Waals surface area contributed by atoms with Gasteiger partial charge in [0.2, 0.25) is 0 Å². The molecule has 0 aliphatic carbocycles. The van der Waals surface area contributed by atoms with Crippen LogP contribution in [-0.4, -0.2) is 42.8 Å². The second-order valence-electron chi connectivity index (χ2n) is 7.52. The van der Waals surface area contributed by atoms with E-state index in [4.69, 9.17) is 18.7 Å². The molecule has 0 fully saturated rings. The van der Waals surface area contributed by atoms with Crippen molar-refractivity contribution in [2.45, 2.75) is 20.8 Å². The Morgan fingerprint density at radius 1 is 1.09 bits per heavy atom. The second-order valence-corrected chi connectivity index (χ2v) is 8.98. The first-order valence-corrected chi connectivity index (χ1v) is 11.2. The molecule has 3 heterocycles. The molecule has 0 radical (unpaired) electrons. The number of ether oxygens (including phenoxy) is 3. The molecular weight excluding hydrogens is 458 g/mol. The van der Waals surface area contributed by atoms with Crippen molar-refractivity contribution in [3.63, 3.8) is 0 Å². The maximum Gasteiger partial charge on any atom is 0.339 e. The molecule has 9 nitrogen and oxygen atoms in total. The van der Waals surface area contributed by atoms with E-state index in [1.807, 2.05) is 19.9 Å². The minimum absolute atomic E-state index is 0.230. The lowest BCUT2D eigenvalue weighted by Gasteiger charge is -2.12. The zero-order chi connectivity index (χ0) is 24.4. The molecule has 34 heavy (non-hydrogen) atoms. The van der Waals surface area contributed by atoms with Crippen molar-refractivity contribution in [2.24, 2.45) is 0 Å². The Morgan fingerprint density at radius 2 is 1.88 bits per heavy atom.